The number of hydrogen-bond donors (Lipinski definition) is 0. The zero-order valence-electron chi connectivity index (χ0n) is 15.7. The highest BCUT2D eigenvalue weighted by Crippen LogP contribution is 2.33. The van der Waals surface area contributed by atoms with Gasteiger partial charge in [0.25, 0.3) is 0 Å². The second kappa shape index (κ2) is 8.28. The van der Waals surface area contributed by atoms with Gasteiger partial charge in [-0.2, -0.15) is 0 Å². The second-order valence-electron chi connectivity index (χ2n) is 7.58. The Labute approximate surface area is 147 Å². The molecule has 0 N–H and O–H groups in total. The van der Waals surface area contributed by atoms with Gasteiger partial charge >= 0.3 is 0 Å². The number of benzene rings is 1. The predicted octanol–water partition coefficient (Wildman–Crippen LogP) is 5.10. The number of ether oxygens (including phenoxy) is 3. The SMILES string of the molecule is C=C(C[C@@H]1C[C@H](C(C)C)OC(C)(C)O1)[C@H](C)OCc1ccccc1. The monoisotopic (exact) mass is 332 g/mol. The first kappa shape index (κ1) is 19.2. The van der Waals surface area contributed by atoms with Gasteiger partial charge in [-0.3, -0.25) is 0 Å². The van der Waals surface area contributed by atoms with E-state index in [1.54, 1.807) is 0 Å². The van der Waals surface area contributed by atoms with Crippen molar-refractivity contribution in [1.29, 1.82) is 0 Å². The van der Waals surface area contributed by atoms with Crippen LogP contribution in [0.15, 0.2) is 42.5 Å². The number of hydrogen-bond acceptors (Lipinski definition) is 3. The summed E-state index contributed by atoms with van der Waals surface area (Å²) in [4.78, 5) is 0. The van der Waals surface area contributed by atoms with E-state index >= 15 is 0 Å². The van der Waals surface area contributed by atoms with E-state index in [0.717, 1.165) is 18.4 Å². The lowest BCUT2D eigenvalue weighted by Crippen LogP contribution is -2.46. The molecule has 0 saturated carbocycles. The van der Waals surface area contributed by atoms with Crippen molar-refractivity contribution in [2.45, 2.75) is 78.2 Å². The molecule has 1 aliphatic heterocycles. The van der Waals surface area contributed by atoms with Crippen LogP contribution in [0.1, 0.15) is 53.0 Å². The molecule has 1 fully saturated rings. The zero-order chi connectivity index (χ0) is 17.7. The van der Waals surface area contributed by atoms with E-state index in [0.29, 0.717) is 12.5 Å². The highest BCUT2D eigenvalue weighted by Gasteiger charge is 2.37. The molecule has 1 saturated heterocycles. The Bertz CT molecular complexity index is 521. The molecular formula is C21H32O3. The number of rotatable bonds is 7. The van der Waals surface area contributed by atoms with Gasteiger partial charge in [-0.05, 0) is 44.2 Å². The van der Waals surface area contributed by atoms with Crippen molar-refractivity contribution < 1.29 is 14.2 Å². The van der Waals surface area contributed by atoms with Crippen LogP contribution in [0.4, 0.5) is 0 Å². The molecule has 0 bridgehead atoms. The van der Waals surface area contributed by atoms with Gasteiger partial charge in [-0.1, -0.05) is 50.8 Å². The van der Waals surface area contributed by atoms with E-state index in [4.69, 9.17) is 14.2 Å². The molecule has 1 aromatic rings. The topological polar surface area (TPSA) is 27.7 Å². The smallest absolute Gasteiger partial charge is 0.163 e. The van der Waals surface area contributed by atoms with E-state index in [-0.39, 0.29) is 18.3 Å². The Kier molecular flexibility index (Phi) is 6.62. The lowest BCUT2D eigenvalue weighted by atomic mass is 9.94. The molecular weight excluding hydrogens is 300 g/mol. The molecule has 3 nitrogen and oxygen atoms in total. The van der Waals surface area contributed by atoms with Gasteiger partial charge in [-0.25, -0.2) is 0 Å². The van der Waals surface area contributed by atoms with E-state index in [1.807, 2.05) is 32.0 Å². The summed E-state index contributed by atoms with van der Waals surface area (Å²) in [5.41, 5.74) is 2.26. The maximum atomic E-state index is 6.10. The van der Waals surface area contributed by atoms with Crippen LogP contribution >= 0.6 is 0 Å². The van der Waals surface area contributed by atoms with Crippen molar-refractivity contribution in [3.8, 4) is 0 Å². The molecule has 2 rings (SSSR count). The highest BCUT2D eigenvalue weighted by atomic mass is 16.7. The highest BCUT2D eigenvalue weighted by molar-refractivity contribution is 5.14. The van der Waals surface area contributed by atoms with Crippen molar-refractivity contribution in [3.63, 3.8) is 0 Å². The molecule has 3 atom stereocenters. The molecule has 0 radical (unpaired) electrons. The van der Waals surface area contributed by atoms with Crippen molar-refractivity contribution in [2.75, 3.05) is 0 Å². The summed E-state index contributed by atoms with van der Waals surface area (Å²) in [6.45, 7) is 15.3. The fourth-order valence-electron chi connectivity index (χ4n) is 3.05. The molecule has 134 valence electrons. The summed E-state index contributed by atoms with van der Waals surface area (Å²) in [6.07, 6.45) is 2.10. The fraction of sp³-hybridized carbons (Fsp3) is 0.619. The van der Waals surface area contributed by atoms with Crippen LogP contribution in [-0.2, 0) is 20.8 Å². The lowest BCUT2D eigenvalue weighted by Gasteiger charge is -2.42. The first-order valence-corrected chi connectivity index (χ1v) is 8.95. The van der Waals surface area contributed by atoms with E-state index in [1.165, 1.54) is 5.56 Å². The minimum Gasteiger partial charge on any atom is -0.369 e. The largest absolute Gasteiger partial charge is 0.369 e. The molecule has 1 heterocycles. The zero-order valence-corrected chi connectivity index (χ0v) is 15.7. The van der Waals surface area contributed by atoms with E-state index in [9.17, 15) is 0 Å². The Morgan fingerprint density at radius 2 is 1.88 bits per heavy atom. The van der Waals surface area contributed by atoms with Crippen LogP contribution in [0.5, 0.6) is 0 Å². The first-order chi connectivity index (χ1) is 11.3. The Morgan fingerprint density at radius 3 is 2.50 bits per heavy atom. The molecule has 1 aliphatic rings. The summed E-state index contributed by atoms with van der Waals surface area (Å²) in [7, 11) is 0. The third kappa shape index (κ3) is 5.73. The molecule has 24 heavy (non-hydrogen) atoms. The molecule has 0 unspecified atom stereocenters. The van der Waals surface area contributed by atoms with Crippen molar-refractivity contribution in [1.82, 2.24) is 0 Å². The standard InChI is InChI=1S/C21H32O3/c1-15(2)20-13-19(23-21(5,6)24-20)12-16(3)17(4)22-14-18-10-8-7-9-11-18/h7-11,15,17,19-20H,3,12-14H2,1-2,4-6H3/t17-,19+,20+/m0/s1. The van der Waals surface area contributed by atoms with Gasteiger partial charge in [0, 0.05) is 6.42 Å². The van der Waals surface area contributed by atoms with Gasteiger partial charge in [0.1, 0.15) is 0 Å². The summed E-state index contributed by atoms with van der Waals surface area (Å²) in [6, 6.07) is 10.2. The average Bonchev–Trinajstić information content (AvgIpc) is 2.51. The molecule has 0 amide bonds. The summed E-state index contributed by atoms with van der Waals surface area (Å²) >= 11 is 0. The molecule has 0 aromatic heterocycles. The molecule has 0 aliphatic carbocycles. The quantitative estimate of drug-likeness (QED) is 0.650. The summed E-state index contributed by atoms with van der Waals surface area (Å²) < 4.78 is 18.1. The normalized spacial score (nSPS) is 24.8. The molecule has 0 spiro atoms. The van der Waals surface area contributed by atoms with Crippen LogP contribution in [-0.4, -0.2) is 24.1 Å². The fourth-order valence-corrected chi connectivity index (χ4v) is 3.05. The third-order valence-corrected chi connectivity index (χ3v) is 4.53. The van der Waals surface area contributed by atoms with Gasteiger partial charge in [0.05, 0.1) is 24.9 Å². The van der Waals surface area contributed by atoms with Gasteiger partial charge < -0.3 is 14.2 Å². The average molecular weight is 332 g/mol. The minimum absolute atomic E-state index is 0.0114. The Morgan fingerprint density at radius 1 is 1.21 bits per heavy atom. The third-order valence-electron chi connectivity index (χ3n) is 4.53. The molecule has 1 aromatic carbocycles. The van der Waals surface area contributed by atoms with Crippen LogP contribution in [0.3, 0.4) is 0 Å². The van der Waals surface area contributed by atoms with Gasteiger partial charge in [0.15, 0.2) is 5.79 Å². The van der Waals surface area contributed by atoms with Crippen LogP contribution in [0.2, 0.25) is 0 Å². The second-order valence-corrected chi connectivity index (χ2v) is 7.58. The predicted molar refractivity (Wildman–Crippen MR) is 97.7 cm³/mol. The summed E-state index contributed by atoms with van der Waals surface area (Å²) in [5.74, 6) is -0.0533. The summed E-state index contributed by atoms with van der Waals surface area (Å²) in [5, 5.41) is 0. The molecule has 3 heteroatoms. The maximum absolute atomic E-state index is 6.10. The Hall–Kier alpha value is -1.16. The van der Waals surface area contributed by atoms with Crippen LogP contribution in [0.25, 0.3) is 0 Å². The Balaban J connectivity index is 1.86. The van der Waals surface area contributed by atoms with E-state index in [2.05, 4.69) is 39.5 Å². The van der Waals surface area contributed by atoms with Gasteiger partial charge in [0.2, 0.25) is 0 Å². The first-order valence-electron chi connectivity index (χ1n) is 8.95. The minimum atomic E-state index is -0.535. The van der Waals surface area contributed by atoms with Gasteiger partial charge in [-0.15, -0.1) is 0 Å². The van der Waals surface area contributed by atoms with Crippen LogP contribution in [0, 0.1) is 5.92 Å². The van der Waals surface area contributed by atoms with Crippen LogP contribution < -0.4 is 0 Å². The van der Waals surface area contributed by atoms with Crippen molar-refractivity contribution in [3.05, 3.63) is 48.0 Å². The van der Waals surface area contributed by atoms with Crippen molar-refractivity contribution in [2.24, 2.45) is 5.92 Å². The lowest BCUT2D eigenvalue weighted by molar-refractivity contribution is -0.306. The van der Waals surface area contributed by atoms with E-state index < -0.39 is 5.79 Å². The maximum Gasteiger partial charge on any atom is 0.163 e. The van der Waals surface area contributed by atoms with Crippen molar-refractivity contribution >= 4 is 0 Å².